The highest BCUT2D eigenvalue weighted by molar-refractivity contribution is 6.14. The second-order valence-electron chi connectivity index (χ2n) is 14.9. The van der Waals surface area contributed by atoms with Gasteiger partial charge in [0.15, 0.2) is 0 Å². The summed E-state index contributed by atoms with van der Waals surface area (Å²) in [7, 11) is 0. The first-order valence-electron chi connectivity index (χ1n) is 19.7. The van der Waals surface area contributed by atoms with Crippen molar-refractivity contribution < 1.29 is 0 Å². The summed E-state index contributed by atoms with van der Waals surface area (Å²) in [5, 5.41) is 2.46. The van der Waals surface area contributed by atoms with Crippen LogP contribution in [0, 0.1) is 0 Å². The molecule has 57 heavy (non-hydrogen) atoms. The lowest BCUT2D eigenvalue weighted by Gasteiger charge is -2.34. The highest BCUT2D eigenvalue weighted by atomic mass is 15.2. The van der Waals surface area contributed by atoms with Gasteiger partial charge in [-0.2, -0.15) is 0 Å². The maximum absolute atomic E-state index is 3.83. The number of anilines is 3. The fraction of sp³-hybridized carbons (Fsp3) is 0.0182. The largest absolute Gasteiger partial charge is 0.354 e. The fourth-order valence-corrected chi connectivity index (χ4v) is 9.14. The van der Waals surface area contributed by atoms with Crippen LogP contribution in [0.25, 0.3) is 77.4 Å². The first-order valence-corrected chi connectivity index (χ1v) is 19.7. The van der Waals surface area contributed by atoms with Crippen LogP contribution in [0.4, 0.5) is 17.1 Å². The van der Waals surface area contributed by atoms with Gasteiger partial charge >= 0.3 is 0 Å². The van der Waals surface area contributed by atoms with Gasteiger partial charge in [-0.15, -0.1) is 0 Å². The van der Waals surface area contributed by atoms with Crippen molar-refractivity contribution >= 4 is 38.9 Å². The number of para-hydroxylation sites is 4. The van der Waals surface area contributed by atoms with Crippen molar-refractivity contribution in [2.45, 2.75) is 6.42 Å². The Morgan fingerprint density at radius 2 is 0.895 bits per heavy atom. The van der Waals surface area contributed by atoms with Crippen molar-refractivity contribution in [3.8, 4) is 55.6 Å². The van der Waals surface area contributed by atoms with E-state index in [1.54, 1.807) is 0 Å². The van der Waals surface area contributed by atoms with E-state index in [-0.39, 0.29) is 0 Å². The van der Waals surface area contributed by atoms with Crippen LogP contribution in [0.3, 0.4) is 0 Å². The predicted octanol–water partition coefficient (Wildman–Crippen LogP) is 15.0. The number of benzene rings is 9. The molecule has 0 spiro atoms. The molecule has 0 fully saturated rings. The van der Waals surface area contributed by atoms with Gasteiger partial charge in [0.1, 0.15) is 0 Å². The molecule has 0 saturated carbocycles. The van der Waals surface area contributed by atoms with E-state index in [0.717, 1.165) is 34.4 Å². The van der Waals surface area contributed by atoms with Gasteiger partial charge in [0, 0.05) is 45.0 Å². The third-order valence-corrected chi connectivity index (χ3v) is 11.7. The summed E-state index contributed by atoms with van der Waals surface area (Å²) in [6.07, 6.45) is 0.833. The number of H-pyrrole nitrogens is 1. The number of aromatic amines is 1. The fourth-order valence-electron chi connectivity index (χ4n) is 9.14. The molecule has 0 aliphatic heterocycles. The van der Waals surface area contributed by atoms with Crippen molar-refractivity contribution in [3.63, 3.8) is 0 Å². The Bertz CT molecular complexity index is 3090. The Balaban J connectivity index is 1.31. The van der Waals surface area contributed by atoms with Crippen LogP contribution in [0.15, 0.2) is 212 Å². The van der Waals surface area contributed by atoms with Crippen molar-refractivity contribution in [2.75, 3.05) is 4.90 Å². The Morgan fingerprint density at radius 1 is 0.368 bits per heavy atom. The van der Waals surface area contributed by atoms with Crippen molar-refractivity contribution in [2.24, 2.45) is 0 Å². The van der Waals surface area contributed by atoms with E-state index in [1.165, 1.54) is 77.7 Å². The molecular weight excluding hydrogens is 689 g/mol. The molecule has 1 aliphatic carbocycles. The zero-order chi connectivity index (χ0) is 37.7. The molecule has 11 rings (SSSR count). The van der Waals surface area contributed by atoms with Crippen molar-refractivity contribution in [3.05, 3.63) is 223 Å². The van der Waals surface area contributed by atoms with Gasteiger partial charge in [-0.1, -0.05) is 188 Å². The normalized spacial score (nSPS) is 11.8. The number of hydrogen-bond acceptors (Lipinski definition) is 1. The number of fused-ring (bicyclic) bond motifs is 6. The van der Waals surface area contributed by atoms with Gasteiger partial charge in [0.05, 0.1) is 22.6 Å². The summed E-state index contributed by atoms with van der Waals surface area (Å²) in [6, 6.07) is 77.5. The maximum atomic E-state index is 3.83. The molecule has 1 aliphatic rings. The van der Waals surface area contributed by atoms with Crippen LogP contribution in [-0.4, -0.2) is 4.98 Å². The number of nitrogens with zero attached hydrogens (tertiary/aromatic N) is 1. The monoisotopic (exact) mass is 726 g/mol. The smallest absolute Gasteiger partial charge is 0.0588 e. The number of aromatic nitrogens is 1. The van der Waals surface area contributed by atoms with E-state index in [0.29, 0.717) is 0 Å². The van der Waals surface area contributed by atoms with Gasteiger partial charge in [0.2, 0.25) is 0 Å². The second-order valence-corrected chi connectivity index (χ2v) is 14.9. The molecule has 1 heterocycles. The van der Waals surface area contributed by atoms with E-state index in [4.69, 9.17) is 0 Å². The molecule has 0 saturated heterocycles. The van der Waals surface area contributed by atoms with Crippen LogP contribution in [0.2, 0.25) is 0 Å². The van der Waals surface area contributed by atoms with Crippen LogP contribution < -0.4 is 4.90 Å². The lowest BCUT2D eigenvalue weighted by molar-refractivity contribution is 1.20. The zero-order valence-electron chi connectivity index (χ0n) is 31.4. The summed E-state index contributed by atoms with van der Waals surface area (Å²) in [6.45, 7) is 0. The van der Waals surface area contributed by atoms with Gasteiger partial charge in [-0.05, 0) is 68.8 Å². The highest BCUT2D eigenvalue weighted by Crippen LogP contribution is 2.56. The minimum atomic E-state index is 0.833. The summed E-state index contributed by atoms with van der Waals surface area (Å²) >= 11 is 0. The lowest BCUT2D eigenvalue weighted by Crippen LogP contribution is -2.16. The van der Waals surface area contributed by atoms with E-state index >= 15 is 0 Å². The average Bonchev–Trinajstić information content (AvgIpc) is 3.86. The Labute approximate surface area is 333 Å². The molecule has 2 nitrogen and oxygen atoms in total. The number of nitrogens with one attached hydrogen (secondary N) is 1. The van der Waals surface area contributed by atoms with Gasteiger partial charge in [0.25, 0.3) is 0 Å². The van der Waals surface area contributed by atoms with Gasteiger partial charge in [-0.3, -0.25) is 0 Å². The minimum Gasteiger partial charge on any atom is -0.354 e. The molecule has 268 valence electrons. The third-order valence-electron chi connectivity index (χ3n) is 11.7. The standard InChI is InChI=1S/C55H38N2/c1-4-19-37(20-5-1)42-27-13-16-33-51(42)57(52-34-17-14-29-44(52)46-31-18-30-45-43-28-12-15-32-50(43)56-54(45)46)55-49-35-40-25-10-11-26-41(40)48(49)36-47(38-21-6-2-7-22-38)53(55)39-23-8-3-9-24-39/h1-34,36,56H,35H2. The van der Waals surface area contributed by atoms with E-state index < -0.39 is 0 Å². The van der Waals surface area contributed by atoms with Gasteiger partial charge in [-0.25, -0.2) is 0 Å². The lowest BCUT2D eigenvalue weighted by atomic mass is 9.86. The topological polar surface area (TPSA) is 19.0 Å². The van der Waals surface area contributed by atoms with E-state index in [1.807, 2.05) is 0 Å². The molecule has 1 N–H and O–H groups in total. The molecular formula is C55H38N2. The number of hydrogen-bond donors (Lipinski definition) is 1. The molecule has 0 bridgehead atoms. The summed E-state index contributed by atoms with van der Waals surface area (Å²) in [4.78, 5) is 6.43. The highest BCUT2D eigenvalue weighted by Gasteiger charge is 2.32. The first kappa shape index (κ1) is 33.0. The molecule has 9 aromatic carbocycles. The van der Waals surface area contributed by atoms with E-state index in [2.05, 4.69) is 222 Å². The summed E-state index contributed by atoms with van der Waals surface area (Å²) in [5.41, 5.74) is 20.5. The van der Waals surface area contributed by atoms with Crippen LogP contribution >= 0.6 is 0 Å². The van der Waals surface area contributed by atoms with Crippen molar-refractivity contribution in [1.29, 1.82) is 0 Å². The SMILES string of the molecule is c1ccc(-c2ccccc2N(c2ccccc2-c2cccc3c2[nH]c2ccccc23)c2c3c(cc(-c4ccccc4)c2-c2ccccc2)-c2ccccc2C3)cc1. The Kier molecular flexibility index (Phi) is 7.93. The Morgan fingerprint density at radius 3 is 1.63 bits per heavy atom. The predicted molar refractivity (Wildman–Crippen MR) is 240 cm³/mol. The van der Waals surface area contributed by atoms with Crippen molar-refractivity contribution in [1.82, 2.24) is 4.98 Å². The molecule has 0 amide bonds. The van der Waals surface area contributed by atoms with Crippen LogP contribution in [0.5, 0.6) is 0 Å². The first-order chi connectivity index (χ1) is 28.3. The van der Waals surface area contributed by atoms with Gasteiger partial charge < -0.3 is 9.88 Å². The quantitative estimate of drug-likeness (QED) is 0.173. The molecule has 10 aromatic rings. The third kappa shape index (κ3) is 5.49. The average molecular weight is 727 g/mol. The number of rotatable bonds is 7. The Hall–Kier alpha value is -7.42. The minimum absolute atomic E-state index is 0.833. The molecule has 0 radical (unpaired) electrons. The zero-order valence-corrected chi connectivity index (χ0v) is 31.4. The molecule has 0 atom stereocenters. The van der Waals surface area contributed by atoms with E-state index in [9.17, 15) is 0 Å². The molecule has 0 unspecified atom stereocenters. The summed E-state index contributed by atoms with van der Waals surface area (Å²) in [5.74, 6) is 0. The molecule has 2 heteroatoms. The maximum Gasteiger partial charge on any atom is 0.0588 e. The summed E-state index contributed by atoms with van der Waals surface area (Å²) < 4.78 is 0. The van der Waals surface area contributed by atoms with Crippen LogP contribution in [0.1, 0.15) is 11.1 Å². The van der Waals surface area contributed by atoms with Crippen LogP contribution in [-0.2, 0) is 6.42 Å². The second kappa shape index (κ2) is 13.7. The molecule has 1 aromatic heterocycles.